The van der Waals surface area contributed by atoms with E-state index >= 15 is 0 Å². The van der Waals surface area contributed by atoms with Crippen molar-refractivity contribution in [2.24, 2.45) is 10.9 Å². The molecule has 0 unspecified atom stereocenters. The molecule has 17 heavy (non-hydrogen) atoms. The van der Waals surface area contributed by atoms with Gasteiger partial charge in [0.25, 0.3) is 0 Å². The van der Waals surface area contributed by atoms with Crippen LogP contribution in [0.5, 0.6) is 0 Å². The first-order chi connectivity index (χ1) is 8.11. The summed E-state index contributed by atoms with van der Waals surface area (Å²) in [7, 11) is 0. The first-order valence-electron chi connectivity index (χ1n) is 4.60. The maximum absolute atomic E-state index is 8.56. The van der Waals surface area contributed by atoms with Crippen molar-refractivity contribution in [2.45, 2.75) is 0 Å². The van der Waals surface area contributed by atoms with Crippen molar-refractivity contribution in [2.75, 3.05) is 0 Å². The summed E-state index contributed by atoms with van der Waals surface area (Å²) in [4.78, 5) is 0. The smallest absolute Gasteiger partial charge is 0.170 e. The fourth-order valence-electron chi connectivity index (χ4n) is 1.34. The van der Waals surface area contributed by atoms with E-state index in [9.17, 15) is 0 Å². The molecule has 3 N–H and O–H groups in total. The summed E-state index contributed by atoms with van der Waals surface area (Å²) in [5.41, 5.74) is 6.73. The van der Waals surface area contributed by atoms with Crippen LogP contribution in [-0.2, 0) is 0 Å². The predicted molar refractivity (Wildman–Crippen MR) is 68.8 cm³/mol. The van der Waals surface area contributed by atoms with E-state index in [0.29, 0.717) is 16.3 Å². The van der Waals surface area contributed by atoms with Crippen molar-refractivity contribution in [3.8, 4) is 5.69 Å². The second-order valence-electron chi connectivity index (χ2n) is 3.25. The monoisotopic (exact) mass is 314 g/mol. The van der Waals surface area contributed by atoms with Gasteiger partial charge in [-0.1, -0.05) is 16.8 Å². The summed E-state index contributed by atoms with van der Waals surface area (Å²) in [6.45, 7) is 0. The minimum Gasteiger partial charge on any atom is -0.409 e. The average Bonchev–Trinajstić information content (AvgIpc) is 2.74. The molecule has 1 aromatic carbocycles. The van der Waals surface area contributed by atoms with E-state index < -0.39 is 0 Å². The number of nitrogens with zero attached hydrogens (tertiary/aromatic N) is 3. The third-order valence-electron chi connectivity index (χ3n) is 2.15. The molecule has 0 bridgehead atoms. The number of rotatable bonds is 2. The first-order valence-corrected chi connectivity index (χ1v) is 5.77. The van der Waals surface area contributed by atoms with E-state index in [1.165, 1.54) is 0 Å². The van der Waals surface area contributed by atoms with Gasteiger partial charge in [-0.15, -0.1) is 0 Å². The van der Waals surface area contributed by atoms with E-state index in [-0.39, 0.29) is 5.84 Å². The largest absolute Gasteiger partial charge is 0.409 e. The molecule has 1 aromatic heterocycles. The average molecular weight is 316 g/mol. The Morgan fingerprint density at radius 3 is 2.82 bits per heavy atom. The number of nitrogens with two attached hydrogens (primary N) is 1. The molecule has 0 spiro atoms. The highest BCUT2D eigenvalue weighted by Crippen LogP contribution is 2.22. The Kier molecular flexibility index (Phi) is 3.35. The van der Waals surface area contributed by atoms with Crippen molar-refractivity contribution in [3.63, 3.8) is 0 Å². The van der Waals surface area contributed by atoms with Gasteiger partial charge >= 0.3 is 0 Å². The van der Waals surface area contributed by atoms with Crippen molar-refractivity contribution in [1.29, 1.82) is 0 Å². The van der Waals surface area contributed by atoms with E-state index in [4.69, 9.17) is 22.5 Å². The molecule has 0 aliphatic carbocycles. The summed E-state index contributed by atoms with van der Waals surface area (Å²) in [5.74, 6) is 0.0140. The molecule has 0 saturated carbocycles. The Labute approximate surface area is 111 Å². The molecule has 88 valence electrons. The SMILES string of the molecule is NC(=NO)c1ccc(-n2cc(Br)cn2)c(Cl)c1. The fraction of sp³-hybridized carbons (Fsp3) is 0. The van der Waals surface area contributed by atoms with Gasteiger partial charge < -0.3 is 10.9 Å². The van der Waals surface area contributed by atoms with E-state index in [1.54, 1.807) is 35.3 Å². The van der Waals surface area contributed by atoms with Crippen LogP contribution >= 0.6 is 27.5 Å². The Hall–Kier alpha value is -1.53. The molecular formula is C10H8BrClN4O. The fourth-order valence-corrected chi connectivity index (χ4v) is 1.89. The summed E-state index contributed by atoms with van der Waals surface area (Å²) in [6.07, 6.45) is 3.44. The lowest BCUT2D eigenvalue weighted by molar-refractivity contribution is 0.318. The van der Waals surface area contributed by atoms with Crippen LogP contribution in [0.2, 0.25) is 5.02 Å². The van der Waals surface area contributed by atoms with E-state index in [1.807, 2.05) is 0 Å². The lowest BCUT2D eigenvalue weighted by Gasteiger charge is -2.06. The van der Waals surface area contributed by atoms with Crippen LogP contribution in [0.15, 0.2) is 40.2 Å². The summed E-state index contributed by atoms with van der Waals surface area (Å²) >= 11 is 9.41. The van der Waals surface area contributed by atoms with Gasteiger partial charge in [0, 0.05) is 11.8 Å². The second kappa shape index (κ2) is 4.77. The van der Waals surface area contributed by atoms with E-state index in [0.717, 1.165) is 4.47 Å². The summed E-state index contributed by atoms with van der Waals surface area (Å²) in [5, 5.41) is 16.1. The number of hydrogen-bond donors (Lipinski definition) is 2. The zero-order valence-electron chi connectivity index (χ0n) is 8.51. The third-order valence-corrected chi connectivity index (χ3v) is 2.86. The van der Waals surface area contributed by atoms with Crippen molar-refractivity contribution in [3.05, 3.63) is 45.7 Å². The molecule has 1 heterocycles. The molecule has 2 aromatic rings. The molecule has 0 fully saturated rings. The molecule has 0 atom stereocenters. The maximum Gasteiger partial charge on any atom is 0.170 e. The predicted octanol–water partition coefficient (Wildman–Crippen LogP) is 2.38. The molecule has 0 radical (unpaired) electrons. The van der Waals surface area contributed by atoms with Gasteiger partial charge in [-0.25, -0.2) is 4.68 Å². The van der Waals surface area contributed by atoms with E-state index in [2.05, 4.69) is 26.2 Å². The van der Waals surface area contributed by atoms with Crippen LogP contribution in [-0.4, -0.2) is 20.8 Å². The van der Waals surface area contributed by atoms with Crippen LogP contribution in [0.4, 0.5) is 0 Å². The number of oxime groups is 1. The normalized spacial score (nSPS) is 11.8. The number of hydrogen-bond acceptors (Lipinski definition) is 3. The molecule has 2 rings (SSSR count). The quantitative estimate of drug-likeness (QED) is 0.387. The molecule has 5 nitrogen and oxygen atoms in total. The van der Waals surface area contributed by atoms with Crippen LogP contribution in [0.25, 0.3) is 5.69 Å². The highest BCUT2D eigenvalue weighted by Gasteiger charge is 2.07. The van der Waals surface area contributed by atoms with Gasteiger partial charge in [-0.05, 0) is 34.1 Å². The Balaban J connectivity index is 2.45. The van der Waals surface area contributed by atoms with Crippen LogP contribution < -0.4 is 5.73 Å². The lowest BCUT2D eigenvalue weighted by atomic mass is 10.2. The molecule has 0 amide bonds. The molecule has 0 aliphatic rings. The third kappa shape index (κ3) is 2.42. The molecule has 7 heteroatoms. The number of aromatic nitrogens is 2. The molecular weight excluding hydrogens is 307 g/mol. The highest BCUT2D eigenvalue weighted by molar-refractivity contribution is 9.10. The number of halogens is 2. The van der Waals surface area contributed by atoms with Gasteiger partial charge in [0.1, 0.15) is 0 Å². The number of amidine groups is 1. The maximum atomic E-state index is 8.56. The van der Waals surface area contributed by atoms with Gasteiger partial charge in [0.15, 0.2) is 5.84 Å². The second-order valence-corrected chi connectivity index (χ2v) is 4.58. The standard InChI is InChI=1S/C10H8BrClN4O/c11-7-4-14-16(5-7)9-2-1-6(3-8(9)12)10(13)15-17/h1-5,17H,(H2,13,15). The zero-order chi connectivity index (χ0) is 12.4. The first kappa shape index (κ1) is 11.9. The van der Waals surface area contributed by atoms with Crippen LogP contribution in [0.1, 0.15) is 5.56 Å². The van der Waals surface area contributed by atoms with Crippen molar-refractivity contribution in [1.82, 2.24) is 9.78 Å². The van der Waals surface area contributed by atoms with Gasteiger partial charge in [0.05, 0.1) is 21.4 Å². The van der Waals surface area contributed by atoms with Gasteiger partial charge in [-0.2, -0.15) is 5.10 Å². The summed E-state index contributed by atoms with van der Waals surface area (Å²) in [6, 6.07) is 5.06. The van der Waals surface area contributed by atoms with Crippen LogP contribution in [0, 0.1) is 0 Å². The Morgan fingerprint density at radius 2 is 2.29 bits per heavy atom. The van der Waals surface area contributed by atoms with Crippen molar-refractivity contribution < 1.29 is 5.21 Å². The van der Waals surface area contributed by atoms with Crippen LogP contribution in [0.3, 0.4) is 0 Å². The topological polar surface area (TPSA) is 76.4 Å². The highest BCUT2D eigenvalue weighted by atomic mass is 79.9. The van der Waals surface area contributed by atoms with Gasteiger partial charge in [-0.3, -0.25) is 0 Å². The molecule has 0 aliphatic heterocycles. The minimum absolute atomic E-state index is 0.0140. The Bertz CT molecular complexity index is 581. The zero-order valence-corrected chi connectivity index (χ0v) is 10.9. The Morgan fingerprint density at radius 1 is 1.53 bits per heavy atom. The van der Waals surface area contributed by atoms with Crippen molar-refractivity contribution >= 4 is 33.4 Å². The molecule has 0 saturated heterocycles. The minimum atomic E-state index is 0.0140. The summed E-state index contributed by atoms with van der Waals surface area (Å²) < 4.78 is 2.48. The number of benzene rings is 1. The lowest BCUT2D eigenvalue weighted by Crippen LogP contribution is -2.13. The van der Waals surface area contributed by atoms with Gasteiger partial charge in [0.2, 0.25) is 0 Å².